The van der Waals surface area contributed by atoms with E-state index in [0.717, 1.165) is 5.56 Å². The second kappa shape index (κ2) is 8.20. The molecule has 0 aromatic carbocycles. The van der Waals surface area contributed by atoms with Crippen LogP contribution in [0.15, 0.2) is 12.4 Å². The van der Waals surface area contributed by atoms with Crippen molar-refractivity contribution in [3.05, 3.63) is 18.0 Å². The van der Waals surface area contributed by atoms with Gasteiger partial charge in [0.05, 0.1) is 25.4 Å². The van der Waals surface area contributed by atoms with Crippen LogP contribution in [0.2, 0.25) is 0 Å². The Kier molecular flexibility index (Phi) is 6.44. The van der Waals surface area contributed by atoms with Crippen LogP contribution in [-0.4, -0.2) is 52.3 Å². The van der Waals surface area contributed by atoms with Crippen molar-refractivity contribution in [3.63, 3.8) is 0 Å². The number of methoxy groups -OCH3 is 1. The summed E-state index contributed by atoms with van der Waals surface area (Å²) in [6.45, 7) is 11.6. The van der Waals surface area contributed by atoms with E-state index in [1.807, 2.05) is 56.6 Å². The van der Waals surface area contributed by atoms with Crippen molar-refractivity contribution in [1.82, 2.24) is 20.0 Å². The largest absolute Gasteiger partial charge is 0.383 e. The molecule has 1 fully saturated rings. The highest BCUT2D eigenvalue weighted by Gasteiger charge is 2.45. The number of likely N-dealkylation sites (tertiary alicyclic amines) is 1. The lowest BCUT2D eigenvalue weighted by Gasteiger charge is -2.38. The summed E-state index contributed by atoms with van der Waals surface area (Å²) < 4.78 is 6.95. The van der Waals surface area contributed by atoms with Crippen LogP contribution in [0.1, 0.15) is 52.6 Å². The fourth-order valence-corrected chi connectivity index (χ4v) is 3.47. The predicted octanol–water partition coefficient (Wildman–Crippen LogP) is 1.99. The molecule has 0 saturated carbocycles. The molecule has 0 unspecified atom stereocenters. The maximum atomic E-state index is 12.7. The van der Waals surface area contributed by atoms with Gasteiger partial charge >= 0.3 is 0 Å². The third kappa shape index (κ3) is 4.63. The molecular formula is C19H32N4O3. The average molecular weight is 364 g/mol. The molecule has 0 aliphatic carbocycles. The van der Waals surface area contributed by atoms with Crippen LogP contribution < -0.4 is 5.32 Å². The van der Waals surface area contributed by atoms with Gasteiger partial charge in [0.25, 0.3) is 0 Å². The van der Waals surface area contributed by atoms with Crippen molar-refractivity contribution in [2.75, 3.05) is 20.3 Å². The van der Waals surface area contributed by atoms with Crippen molar-refractivity contribution in [2.45, 2.75) is 59.2 Å². The number of carbonyl (C=O) groups is 2. The van der Waals surface area contributed by atoms with E-state index in [-0.39, 0.29) is 35.2 Å². The predicted molar refractivity (Wildman–Crippen MR) is 99.4 cm³/mol. The first-order valence-corrected chi connectivity index (χ1v) is 9.26. The lowest BCUT2D eigenvalue weighted by atomic mass is 9.93. The minimum absolute atomic E-state index is 0.0150. The Morgan fingerprint density at radius 2 is 2.12 bits per heavy atom. The van der Waals surface area contributed by atoms with Crippen molar-refractivity contribution < 1.29 is 14.3 Å². The van der Waals surface area contributed by atoms with E-state index in [9.17, 15) is 9.59 Å². The van der Waals surface area contributed by atoms with Crippen molar-refractivity contribution in [1.29, 1.82) is 0 Å². The van der Waals surface area contributed by atoms with Gasteiger partial charge in [-0.25, -0.2) is 0 Å². The van der Waals surface area contributed by atoms with Crippen molar-refractivity contribution in [3.8, 4) is 0 Å². The number of aromatic nitrogens is 2. The summed E-state index contributed by atoms with van der Waals surface area (Å²) in [6.07, 6.45) is 4.25. The molecule has 1 N–H and O–H groups in total. The number of amides is 2. The summed E-state index contributed by atoms with van der Waals surface area (Å²) in [4.78, 5) is 26.7. The average Bonchev–Trinajstić information content (AvgIpc) is 3.13. The Balaban J connectivity index is 2.25. The first-order valence-electron chi connectivity index (χ1n) is 9.26. The van der Waals surface area contributed by atoms with Crippen LogP contribution in [0.4, 0.5) is 0 Å². The lowest BCUT2D eigenvalue weighted by Crippen LogP contribution is -2.45. The van der Waals surface area contributed by atoms with Gasteiger partial charge in [0.2, 0.25) is 11.8 Å². The SMILES string of the molecule is COCCn1cc([C@H]2[C@H](CNC(=O)C(C)C)CC(=O)N2C(C)(C)C)cn1. The topological polar surface area (TPSA) is 76.5 Å². The van der Waals surface area contributed by atoms with Crippen LogP contribution in [0, 0.1) is 11.8 Å². The molecule has 2 atom stereocenters. The molecule has 7 heteroatoms. The number of rotatable bonds is 7. The van der Waals surface area contributed by atoms with Gasteiger partial charge in [-0.2, -0.15) is 5.10 Å². The van der Waals surface area contributed by atoms with E-state index in [1.54, 1.807) is 7.11 Å². The van der Waals surface area contributed by atoms with E-state index in [2.05, 4.69) is 10.4 Å². The van der Waals surface area contributed by atoms with Crippen LogP contribution in [0.3, 0.4) is 0 Å². The molecular weight excluding hydrogens is 332 g/mol. The number of carbonyl (C=O) groups excluding carboxylic acids is 2. The molecule has 7 nitrogen and oxygen atoms in total. The van der Waals surface area contributed by atoms with E-state index in [1.165, 1.54) is 0 Å². The highest BCUT2D eigenvalue weighted by Crippen LogP contribution is 2.42. The summed E-state index contributed by atoms with van der Waals surface area (Å²) in [5.74, 6) is 0.0997. The van der Waals surface area contributed by atoms with Gasteiger partial charge in [0.15, 0.2) is 0 Å². The van der Waals surface area contributed by atoms with Gasteiger partial charge in [0, 0.05) is 49.2 Å². The van der Waals surface area contributed by atoms with Crippen LogP contribution in [-0.2, 0) is 20.9 Å². The van der Waals surface area contributed by atoms with Gasteiger partial charge in [-0.3, -0.25) is 14.3 Å². The number of ether oxygens (including phenoxy) is 1. The Morgan fingerprint density at radius 1 is 1.42 bits per heavy atom. The summed E-state index contributed by atoms with van der Waals surface area (Å²) in [5.41, 5.74) is 0.707. The number of hydrogen-bond acceptors (Lipinski definition) is 4. The van der Waals surface area contributed by atoms with E-state index >= 15 is 0 Å². The normalized spacial score (nSPS) is 20.9. The quantitative estimate of drug-likeness (QED) is 0.803. The molecule has 2 amide bonds. The molecule has 1 saturated heterocycles. The van der Waals surface area contributed by atoms with Gasteiger partial charge in [-0.1, -0.05) is 13.8 Å². The van der Waals surface area contributed by atoms with Gasteiger partial charge < -0.3 is 15.0 Å². The first kappa shape index (κ1) is 20.4. The summed E-state index contributed by atoms with van der Waals surface area (Å²) in [7, 11) is 1.66. The Morgan fingerprint density at radius 3 is 2.69 bits per heavy atom. The molecule has 26 heavy (non-hydrogen) atoms. The highest BCUT2D eigenvalue weighted by molar-refractivity contribution is 5.81. The number of hydrogen-bond donors (Lipinski definition) is 1. The molecule has 0 spiro atoms. The van der Waals surface area contributed by atoms with Crippen LogP contribution in [0.25, 0.3) is 0 Å². The van der Waals surface area contributed by atoms with Gasteiger partial charge in [0.1, 0.15) is 0 Å². The van der Waals surface area contributed by atoms with E-state index in [4.69, 9.17) is 4.74 Å². The van der Waals surface area contributed by atoms with Gasteiger partial charge in [-0.05, 0) is 20.8 Å². The second-order valence-electron chi connectivity index (χ2n) is 8.27. The molecule has 2 heterocycles. The van der Waals surface area contributed by atoms with Crippen LogP contribution >= 0.6 is 0 Å². The van der Waals surface area contributed by atoms with Gasteiger partial charge in [-0.15, -0.1) is 0 Å². The zero-order chi connectivity index (χ0) is 19.5. The molecule has 1 aliphatic rings. The Labute approximate surface area is 156 Å². The Bertz CT molecular complexity index is 633. The molecule has 0 bridgehead atoms. The maximum Gasteiger partial charge on any atom is 0.223 e. The fourth-order valence-electron chi connectivity index (χ4n) is 3.47. The standard InChI is InChI=1S/C19H32N4O3/c1-13(2)18(25)20-10-14-9-16(24)23(19(3,4)5)17(14)15-11-21-22(12-15)7-8-26-6/h11-14,17H,7-10H2,1-6H3,(H,20,25)/t14-,17+/m0/s1. The summed E-state index contributed by atoms with van der Waals surface area (Å²) in [6, 6.07) is -0.0914. The molecule has 1 aliphatic heterocycles. The third-order valence-corrected chi connectivity index (χ3v) is 4.74. The van der Waals surface area contributed by atoms with Crippen LogP contribution in [0.5, 0.6) is 0 Å². The smallest absolute Gasteiger partial charge is 0.223 e. The first-order chi connectivity index (χ1) is 12.1. The minimum atomic E-state index is -0.298. The summed E-state index contributed by atoms with van der Waals surface area (Å²) >= 11 is 0. The lowest BCUT2D eigenvalue weighted by molar-refractivity contribution is -0.133. The molecule has 0 radical (unpaired) electrons. The molecule has 1 aromatic rings. The molecule has 1 aromatic heterocycles. The highest BCUT2D eigenvalue weighted by atomic mass is 16.5. The fraction of sp³-hybridized carbons (Fsp3) is 0.737. The zero-order valence-corrected chi connectivity index (χ0v) is 16.8. The maximum absolute atomic E-state index is 12.7. The molecule has 2 rings (SSSR count). The number of nitrogens with zero attached hydrogens (tertiary/aromatic N) is 3. The van der Waals surface area contributed by atoms with E-state index < -0.39 is 0 Å². The minimum Gasteiger partial charge on any atom is -0.383 e. The Hall–Kier alpha value is -1.89. The zero-order valence-electron chi connectivity index (χ0n) is 16.8. The van der Waals surface area contributed by atoms with E-state index in [0.29, 0.717) is 26.1 Å². The summed E-state index contributed by atoms with van der Waals surface area (Å²) in [5, 5.41) is 7.40. The number of nitrogens with one attached hydrogen (secondary N) is 1. The third-order valence-electron chi connectivity index (χ3n) is 4.74. The second-order valence-corrected chi connectivity index (χ2v) is 8.27. The van der Waals surface area contributed by atoms with Crippen molar-refractivity contribution >= 4 is 11.8 Å². The molecule has 146 valence electrons. The monoisotopic (exact) mass is 364 g/mol. The van der Waals surface area contributed by atoms with Crippen molar-refractivity contribution in [2.24, 2.45) is 11.8 Å².